The molecular formula is C20H21N5O4. The zero-order valence-corrected chi connectivity index (χ0v) is 16.2. The summed E-state index contributed by atoms with van der Waals surface area (Å²) in [4.78, 5) is 26.0. The smallest absolute Gasteiger partial charge is 0.313 e. The number of nitrogens with one attached hydrogen (secondary N) is 2. The minimum absolute atomic E-state index is 0.442. The lowest BCUT2D eigenvalue weighted by Crippen LogP contribution is -2.37. The SMILES string of the molecule is COc1ccc([C@@H](C)NC(=O)C(=O)Nc2ccc(-n3nccn3)cc2)c(OC)c1. The van der Waals surface area contributed by atoms with Crippen molar-refractivity contribution in [1.29, 1.82) is 0 Å². The van der Waals surface area contributed by atoms with Crippen LogP contribution in [0, 0.1) is 0 Å². The van der Waals surface area contributed by atoms with Gasteiger partial charge >= 0.3 is 11.8 Å². The summed E-state index contributed by atoms with van der Waals surface area (Å²) in [6.45, 7) is 1.77. The van der Waals surface area contributed by atoms with Crippen molar-refractivity contribution in [2.75, 3.05) is 19.5 Å². The van der Waals surface area contributed by atoms with E-state index in [-0.39, 0.29) is 0 Å². The molecule has 0 unspecified atom stereocenters. The molecule has 9 heteroatoms. The fourth-order valence-electron chi connectivity index (χ4n) is 2.73. The van der Waals surface area contributed by atoms with Crippen LogP contribution in [-0.2, 0) is 9.59 Å². The van der Waals surface area contributed by atoms with Crippen LogP contribution in [0.2, 0.25) is 0 Å². The molecule has 1 atom stereocenters. The van der Waals surface area contributed by atoms with E-state index in [9.17, 15) is 9.59 Å². The van der Waals surface area contributed by atoms with E-state index >= 15 is 0 Å². The number of carbonyl (C=O) groups is 2. The molecule has 2 N–H and O–H groups in total. The molecule has 2 amide bonds. The Morgan fingerprint density at radius 1 is 0.966 bits per heavy atom. The zero-order valence-electron chi connectivity index (χ0n) is 16.2. The Kier molecular flexibility index (Phi) is 6.08. The Bertz CT molecular complexity index is 987. The Balaban J connectivity index is 1.62. The van der Waals surface area contributed by atoms with Crippen LogP contribution in [-0.4, -0.2) is 41.0 Å². The molecule has 0 spiro atoms. The molecule has 0 saturated heterocycles. The Morgan fingerprint density at radius 3 is 2.28 bits per heavy atom. The molecule has 1 aromatic heterocycles. The molecule has 0 aliphatic rings. The Hall–Kier alpha value is -3.88. The first-order chi connectivity index (χ1) is 14.0. The fraction of sp³-hybridized carbons (Fsp3) is 0.200. The molecule has 0 bridgehead atoms. The summed E-state index contributed by atoms with van der Waals surface area (Å²) in [6, 6.07) is 11.6. The molecule has 1 heterocycles. The fourth-order valence-corrected chi connectivity index (χ4v) is 2.73. The number of ether oxygens (including phenoxy) is 2. The van der Waals surface area contributed by atoms with Gasteiger partial charge in [-0.15, -0.1) is 0 Å². The maximum Gasteiger partial charge on any atom is 0.313 e. The molecule has 9 nitrogen and oxygen atoms in total. The van der Waals surface area contributed by atoms with Crippen molar-refractivity contribution in [3.05, 3.63) is 60.4 Å². The summed E-state index contributed by atoms with van der Waals surface area (Å²) < 4.78 is 10.5. The average molecular weight is 395 g/mol. The van der Waals surface area contributed by atoms with E-state index in [2.05, 4.69) is 20.8 Å². The van der Waals surface area contributed by atoms with Gasteiger partial charge in [-0.3, -0.25) is 9.59 Å². The van der Waals surface area contributed by atoms with Crippen molar-refractivity contribution in [2.24, 2.45) is 0 Å². The lowest BCUT2D eigenvalue weighted by Gasteiger charge is -2.18. The van der Waals surface area contributed by atoms with Crippen LogP contribution < -0.4 is 20.1 Å². The first-order valence-corrected chi connectivity index (χ1v) is 8.82. The topological polar surface area (TPSA) is 107 Å². The van der Waals surface area contributed by atoms with Crippen LogP contribution in [0.1, 0.15) is 18.5 Å². The minimum Gasteiger partial charge on any atom is -0.497 e. The summed E-state index contributed by atoms with van der Waals surface area (Å²) in [7, 11) is 3.09. The highest BCUT2D eigenvalue weighted by Crippen LogP contribution is 2.29. The van der Waals surface area contributed by atoms with Gasteiger partial charge in [0.1, 0.15) is 11.5 Å². The van der Waals surface area contributed by atoms with Crippen molar-refractivity contribution in [2.45, 2.75) is 13.0 Å². The van der Waals surface area contributed by atoms with E-state index in [1.165, 1.54) is 11.9 Å². The summed E-state index contributed by atoms with van der Waals surface area (Å²) in [5.74, 6) is -0.335. The van der Waals surface area contributed by atoms with E-state index in [0.29, 0.717) is 17.2 Å². The molecule has 150 valence electrons. The third kappa shape index (κ3) is 4.70. The second-order valence-corrected chi connectivity index (χ2v) is 6.12. The number of hydrogen-bond acceptors (Lipinski definition) is 6. The quantitative estimate of drug-likeness (QED) is 0.619. The number of methoxy groups -OCH3 is 2. The second-order valence-electron chi connectivity index (χ2n) is 6.12. The van der Waals surface area contributed by atoms with E-state index in [4.69, 9.17) is 9.47 Å². The number of hydrogen-bond donors (Lipinski definition) is 2. The highest BCUT2D eigenvalue weighted by molar-refractivity contribution is 6.39. The predicted octanol–water partition coefficient (Wildman–Crippen LogP) is 2.10. The lowest BCUT2D eigenvalue weighted by atomic mass is 10.1. The van der Waals surface area contributed by atoms with Crippen LogP contribution in [0.4, 0.5) is 5.69 Å². The highest BCUT2D eigenvalue weighted by Gasteiger charge is 2.20. The van der Waals surface area contributed by atoms with Crippen LogP contribution in [0.25, 0.3) is 5.69 Å². The molecule has 0 radical (unpaired) electrons. The van der Waals surface area contributed by atoms with Gasteiger partial charge in [0.2, 0.25) is 0 Å². The molecule has 0 fully saturated rings. The maximum atomic E-state index is 12.3. The van der Waals surface area contributed by atoms with Crippen molar-refractivity contribution in [3.8, 4) is 17.2 Å². The molecule has 3 aromatic rings. The van der Waals surface area contributed by atoms with Gasteiger partial charge in [-0.25, -0.2) is 0 Å². The van der Waals surface area contributed by atoms with Gasteiger partial charge < -0.3 is 20.1 Å². The number of amides is 2. The number of anilines is 1. The molecule has 2 aromatic carbocycles. The second kappa shape index (κ2) is 8.87. The maximum absolute atomic E-state index is 12.3. The molecule has 29 heavy (non-hydrogen) atoms. The molecule has 0 aliphatic carbocycles. The van der Waals surface area contributed by atoms with Crippen LogP contribution in [0.5, 0.6) is 11.5 Å². The van der Waals surface area contributed by atoms with Crippen LogP contribution in [0.15, 0.2) is 54.9 Å². The standard InChI is InChI=1S/C20H21N5O4/c1-13(17-9-8-16(28-2)12-18(17)29-3)23-19(26)20(27)24-14-4-6-15(7-5-14)25-21-10-11-22-25/h4-13H,1-3H3,(H,23,26)(H,24,27)/t13-/m1/s1. The molecule has 0 saturated carbocycles. The zero-order chi connectivity index (χ0) is 20.8. The molecule has 3 rings (SSSR count). The number of rotatable bonds is 6. The van der Waals surface area contributed by atoms with Gasteiger partial charge in [0.15, 0.2) is 0 Å². The third-order valence-electron chi connectivity index (χ3n) is 4.24. The van der Waals surface area contributed by atoms with Crippen LogP contribution in [0.3, 0.4) is 0 Å². The normalized spacial score (nSPS) is 11.4. The van der Waals surface area contributed by atoms with E-state index in [1.54, 1.807) is 68.9 Å². The van der Waals surface area contributed by atoms with Gasteiger partial charge in [0, 0.05) is 17.3 Å². The van der Waals surface area contributed by atoms with E-state index < -0.39 is 17.9 Å². The number of carbonyl (C=O) groups excluding carboxylic acids is 2. The number of nitrogens with zero attached hydrogens (tertiary/aromatic N) is 3. The Morgan fingerprint density at radius 2 is 1.66 bits per heavy atom. The average Bonchev–Trinajstić information content (AvgIpc) is 3.28. The van der Waals surface area contributed by atoms with Crippen molar-refractivity contribution in [1.82, 2.24) is 20.3 Å². The monoisotopic (exact) mass is 395 g/mol. The summed E-state index contributed by atoms with van der Waals surface area (Å²) in [6.07, 6.45) is 3.14. The van der Waals surface area contributed by atoms with Gasteiger partial charge in [-0.1, -0.05) is 0 Å². The van der Waals surface area contributed by atoms with Crippen molar-refractivity contribution in [3.63, 3.8) is 0 Å². The van der Waals surface area contributed by atoms with Crippen molar-refractivity contribution >= 4 is 17.5 Å². The summed E-state index contributed by atoms with van der Waals surface area (Å²) >= 11 is 0. The lowest BCUT2D eigenvalue weighted by molar-refractivity contribution is -0.136. The first kappa shape index (κ1) is 19.9. The number of benzene rings is 2. The molecular weight excluding hydrogens is 374 g/mol. The highest BCUT2D eigenvalue weighted by atomic mass is 16.5. The third-order valence-corrected chi connectivity index (χ3v) is 4.24. The van der Waals surface area contributed by atoms with E-state index in [1.807, 2.05) is 0 Å². The minimum atomic E-state index is -0.769. The largest absolute Gasteiger partial charge is 0.497 e. The van der Waals surface area contributed by atoms with Gasteiger partial charge in [-0.05, 0) is 43.3 Å². The van der Waals surface area contributed by atoms with E-state index in [0.717, 1.165) is 11.3 Å². The summed E-state index contributed by atoms with van der Waals surface area (Å²) in [5.41, 5.74) is 1.94. The number of aromatic nitrogens is 3. The molecule has 0 aliphatic heterocycles. The predicted molar refractivity (Wildman–Crippen MR) is 106 cm³/mol. The van der Waals surface area contributed by atoms with Gasteiger partial charge in [0.05, 0.1) is 38.3 Å². The van der Waals surface area contributed by atoms with Crippen LogP contribution >= 0.6 is 0 Å². The van der Waals surface area contributed by atoms with Gasteiger partial charge in [-0.2, -0.15) is 15.0 Å². The summed E-state index contributed by atoms with van der Waals surface area (Å²) in [5, 5.41) is 13.3. The van der Waals surface area contributed by atoms with Gasteiger partial charge in [0.25, 0.3) is 0 Å². The van der Waals surface area contributed by atoms with Crippen molar-refractivity contribution < 1.29 is 19.1 Å². The first-order valence-electron chi connectivity index (χ1n) is 8.82. The Labute approximate surface area is 167 Å².